The zero-order chi connectivity index (χ0) is 27.4. The second kappa shape index (κ2) is 12.2. The fourth-order valence-electron chi connectivity index (χ4n) is 3.94. The van der Waals surface area contributed by atoms with Gasteiger partial charge in [-0.1, -0.05) is 65.1 Å². The number of hydrogen-bond acceptors (Lipinski definition) is 5. The number of benzene rings is 3. The number of ether oxygens (including phenoxy) is 2. The summed E-state index contributed by atoms with van der Waals surface area (Å²) in [6.07, 6.45) is 3.95. The molecule has 0 amide bonds. The Balaban J connectivity index is 1.73. The van der Waals surface area contributed by atoms with Crippen molar-refractivity contribution in [1.29, 1.82) is 0 Å². The highest BCUT2D eigenvalue weighted by Crippen LogP contribution is 2.34. The Morgan fingerprint density at radius 3 is 2.61 bits per heavy atom. The first kappa shape index (κ1) is 27.9. The topological polar surface area (TPSA) is 65.7 Å². The van der Waals surface area contributed by atoms with Crippen molar-refractivity contribution >= 4 is 56.2 Å². The highest BCUT2D eigenvalue weighted by atomic mass is 79.9. The summed E-state index contributed by atoms with van der Waals surface area (Å²) in [6, 6.07) is 14.5. The molecule has 0 spiro atoms. The Labute approximate surface area is 239 Å². The number of methoxy groups -OCH3 is 1. The molecule has 0 unspecified atom stereocenters. The van der Waals surface area contributed by atoms with Crippen LogP contribution in [0.1, 0.15) is 42.3 Å². The Kier molecular flexibility index (Phi) is 8.92. The number of aromatic nitrogens is 2. The summed E-state index contributed by atoms with van der Waals surface area (Å²) >= 11 is 15.6. The Morgan fingerprint density at radius 2 is 1.92 bits per heavy atom. The zero-order valence-corrected chi connectivity index (χ0v) is 24.3. The zero-order valence-electron chi connectivity index (χ0n) is 21.2. The summed E-state index contributed by atoms with van der Waals surface area (Å²) in [7, 11) is 1.58. The second-order valence-electron chi connectivity index (χ2n) is 8.89. The van der Waals surface area contributed by atoms with Gasteiger partial charge in [-0.25, -0.2) is 4.98 Å². The van der Waals surface area contributed by atoms with Crippen molar-refractivity contribution in [3.8, 4) is 11.5 Å². The molecule has 0 saturated carbocycles. The molecule has 0 aliphatic carbocycles. The van der Waals surface area contributed by atoms with Crippen LogP contribution in [0.2, 0.25) is 10.0 Å². The molecule has 0 aliphatic rings. The average molecular weight is 615 g/mol. The van der Waals surface area contributed by atoms with Crippen LogP contribution in [-0.2, 0) is 13.0 Å². The summed E-state index contributed by atoms with van der Waals surface area (Å²) in [5.74, 6) is 1.67. The van der Waals surface area contributed by atoms with Gasteiger partial charge in [-0.15, -0.1) is 6.58 Å². The molecule has 1 aromatic heterocycles. The van der Waals surface area contributed by atoms with E-state index in [1.165, 1.54) is 4.68 Å². The Bertz CT molecular complexity index is 1600. The van der Waals surface area contributed by atoms with E-state index in [4.69, 9.17) is 37.7 Å². The lowest BCUT2D eigenvalue weighted by atomic mass is 10.1. The third-order valence-electron chi connectivity index (χ3n) is 5.78. The van der Waals surface area contributed by atoms with E-state index >= 15 is 0 Å². The number of fused-ring (bicyclic) bond motifs is 1. The molecule has 9 heteroatoms. The van der Waals surface area contributed by atoms with Gasteiger partial charge in [0, 0.05) is 16.0 Å². The summed E-state index contributed by atoms with van der Waals surface area (Å²) in [6.45, 7) is 8.10. The molecule has 0 radical (unpaired) electrons. The van der Waals surface area contributed by atoms with Crippen molar-refractivity contribution in [2.45, 2.75) is 32.8 Å². The largest absolute Gasteiger partial charge is 0.493 e. The predicted molar refractivity (Wildman–Crippen MR) is 158 cm³/mol. The third kappa shape index (κ3) is 6.12. The van der Waals surface area contributed by atoms with Crippen LogP contribution >= 0.6 is 39.1 Å². The Hall–Kier alpha value is -3.13. The first-order chi connectivity index (χ1) is 18.2. The predicted octanol–water partition coefficient (Wildman–Crippen LogP) is 7.79. The van der Waals surface area contributed by atoms with Crippen molar-refractivity contribution < 1.29 is 9.47 Å². The van der Waals surface area contributed by atoms with Gasteiger partial charge in [-0.3, -0.25) is 4.79 Å². The van der Waals surface area contributed by atoms with Crippen LogP contribution in [0.15, 0.2) is 75.6 Å². The van der Waals surface area contributed by atoms with E-state index in [2.05, 4.69) is 27.6 Å². The maximum Gasteiger partial charge on any atom is 0.282 e. The minimum absolute atomic E-state index is 0.0177. The lowest BCUT2D eigenvalue weighted by Gasteiger charge is -2.16. The number of hydrogen-bond donors (Lipinski definition) is 0. The van der Waals surface area contributed by atoms with E-state index in [-0.39, 0.29) is 18.1 Å². The van der Waals surface area contributed by atoms with Gasteiger partial charge < -0.3 is 9.47 Å². The normalized spacial score (nSPS) is 11.4. The van der Waals surface area contributed by atoms with Crippen LogP contribution in [0.5, 0.6) is 11.5 Å². The smallest absolute Gasteiger partial charge is 0.282 e. The van der Waals surface area contributed by atoms with E-state index in [1.54, 1.807) is 37.6 Å². The highest BCUT2D eigenvalue weighted by molar-refractivity contribution is 9.10. The molecular weight excluding hydrogens is 589 g/mol. The molecule has 1 heterocycles. The maximum atomic E-state index is 13.4. The summed E-state index contributed by atoms with van der Waals surface area (Å²) in [4.78, 5) is 18.1. The van der Waals surface area contributed by atoms with Crippen molar-refractivity contribution in [3.05, 3.63) is 109 Å². The van der Waals surface area contributed by atoms with Crippen molar-refractivity contribution in [1.82, 2.24) is 9.66 Å². The summed E-state index contributed by atoms with van der Waals surface area (Å²) in [5, 5.41) is 5.98. The summed E-state index contributed by atoms with van der Waals surface area (Å²) in [5.41, 5.74) is 2.85. The van der Waals surface area contributed by atoms with E-state index < -0.39 is 0 Å². The molecule has 3 aromatic carbocycles. The monoisotopic (exact) mass is 613 g/mol. The first-order valence-corrected chi connectivity index (χ1v) is 13.4. The molecule has 196 valence electrons. The van der Waals surface area contributed by atoms with Crippen LogP contribution < -0.4 is 15.0 Å². The second-order valence-corrected chi connectivity index (χ2v) is 10.6. The fraction of sp³-hybridized carbons (Fsp3) is 0.207. The van der Waals surface area contributed by atoms with E-state index in [0.29, 0.717) is 44.7 Å². The van der Waals surface area contributed by atoms with Crippen molar-refractivity contribution in [2.75, 3.05) is 7.11 Å². The quantitative estimate of drug-likeness (QED) is 0.143. The molecule has 38 heavy (non-hydrogen) atoms. The molecule has 0 atom stereocenters. The van der Waals surface area contributed by atoms with E-state index in [9.17, 15) is 4.79 Å². The van der Waals surface area contributed by atoms with Crippen LogP contribution in [0.3, 0.4) is 0 Å². The highest BCUT2D eigenvalue weighted by Gasteiger charge is 2.16. The fourth-order valence-corrected chi connectivity index (χ4v) is 4.62. The van der Waals surface area contributed by atoms with Gasteiger partial charge in [0.2, 0.25) is 0 Å². The molecule has 6 nitrogen and oxygen atoms in total. The number of halogens is 3. The van der Waals surface area contributed by atoms with Gasteiger partial charge in [-0.2, -0.15) is 9.78 Å². The van der Waals surface area contributed by atoms with Crippen molar-refractivity contribution in [2.24, 2.45) is 5.10 Å². The first-order valence-electron chi connectivity index (χ1n) is 11.9. The van der Waals surface area contributed by atoms with Gasteiger partial charge in [0.25, 0.3) is 5.56 Å². The van der Waals surface area contributed by atoms with E-state index in [1.807, 2.05) is 44.2 Å². The lowest BCUT2D eigenvalue weighted by Crippen LogP contribution is -2.23. The standard InChI is InChI=1S/C29H26BrCl2N3O3/c1-5-6-20-11-19(13-26(37-4)27(20)38-16-18-7-9-23(31)24(32)12-18)15-33-35-28(17(2)3)34-25-10-8-21(30)14-22(25)29(35)36/h5,7-15,17H,1,6,16H2,2-4H3. The van der Waals surface area contributed by atoms with Crippen molar-refractivity contribution in [3.63, 3.8) is 0 Å². The molecular formula is C29H26BrCl2N3O3. The maximum absolute atomic E-state index is 13.4. The molecule has 4 aromatic rings. The SMILES string of the molecule is C=CCc1cc(C=Nn2c(C(C)C)nc3ccc(Br)cc3c2=O)cc(OC)c1OCc1ccc(Cl)c(Cl)c1. The Morgan fingerprint density at radius 1 is 1.13 bits per heavy atom. The van der Waals surface area contributed by atoms with Gasteiger partial charge >= 0.3 is 0 Å². The minimum Gasteiger partial charge on any atom is -0.493 e. The van der Waals surface area contributed by atoms with Gasteiger partial charge in [0.05, 0.1) is 34.3 Å². The molecule has 0 saturated heterocycles. The van der Waals surface area contributed by atoms with Gasteiger partial charge in [-0.05, 0) is 60.0 Å². The van der Waals surface area contributed by atoms with Crippen LogP contribution in [0.25, 0.3) is 10.9 Å². The van der Waals surface area contributed by atoms with Crippen LogP contribution in [0.4, 0.5) is 0 Å². The lowest BCUT2D eigenvalue weighted by molar-refractivity contribution is 0.282. The summed E-state index contributed by atoms with van der Waals surface area (Å²) < 4.78 is 14.0. The van der Waals surface area contributed by atoms with Crippen LogP contribution in [-0.4, -0.2) is 23.0 Å². The number of rotatable bonds is 9. The van der Waals surface area contributed by atoms with Gasteiger partial charge in [0.1, 0.15) is 12.4 Å². The molecule has 0 bridgehead atoms. The molecule has 0 fully saturated rings. The number of allylic oxidation sites excluding steroid dienone is 1. The minimum atomic E-state index is -0.240. The van der Waals surface area contributed by atoms with E-state index in [0.717, 1.165) is 21.2 Å². The molecule has 0 aliphatic heterocycles. The van der Waals surface area contributed by atoms with Gasteiger partial charge in [0.15, 0.2) is 11.5 Å². The average Bonchev–Trinajstić information content (AvgIpc) is 2.89. The third-order valence-corrected chi connectivity index (χ3v) is 7.01. The molecule has 4 rings (SSSR count). The number of nitrogens with zero attached hydrogens (tertiary/aromatic N) is 3. The van der Waals surface area contributed by atoms with Crippen LogP contribution in [0, 0.1) is 0 Å². The molecule has 0 N–H and O–H groups in total.